The second kappa shape index (κ2) is 9.77. The lowest BCUT2D eigenvalue weighted by molar-refractivity contribution is -0.124. The van der Waals surface area contributed by atoms with Crippen molar-refractivity contribution in [3.05, 3.63) is 82.9 Å². The fourth-order valence-electron chi connectivity index (χ4n) is 3.38. The van der Waals surface area contributed by atoms with Crippen molar-refractivity contribution in [1.82, 2.24) is 15.4 Å². The fourth-order valence-corrected chi connectivity index (χ4v) is 3.59. The van der Waals surface area contributed by atoms with E-state index in [2.05, 4.69) is 16.4 Å². The van der Waals surface area contributed by atoms with E-state index >= 15 is 0 Å². The zero-order chi connectivity index (χ0) is 23.4. The first-order valence-corrected chi connectivity index (χ1v) is 10.7. The first-order valence-electron chi connectivity index (χ1n) is 10.3. The molecule has 4 aromatic rings. The number of carbonyl (C=O) groups is 1. The molecule has 0 saturated carbocycles. The van der Waals surface area contributed by atoms with E-state index in [-0.39, 0.29) is 0 Å². The van der Waals surface area contributed by atoms with Crippen molar-refractivity contribution < 1.29 is 10.0 Å². The number of fused-ring (bicyclic) bond motifs is 1. The van der Waals surface area contributed by atoms with E-state index in [0.717, 1.165) is 44.9 Å². The molecular weight excluding hydrogens is 438 g/mol. The highest BCUT2D eigenvalue weighted by Gasteiger charge is 2.11. The van der Waals surface area contributed by atoms with Gasteiger partial charge in [0.1, 0.15) is 5.82 Å². The Hall–Kier alpha value is -3.81. The number of hydroxylamine groups is 1. The maximum absolute atomic E-state index is 11.1. The van der Waals surface area contributed by atoms with Crippen LogP contribution in [0.5, 0.6) is 0 Å². The number of rotatable bonds is 7. The molecule has 0 radical (unpaired) electrons. The van der Waals surface area contributed by atoms with Crippen molar-refractivity contribution in [1.29, 1.82) is 0 Å². The van der Waals surface area contributed by atoms with Crippen molar-refractivity contribution in [2.75, 3.05) is 24.3 Å². The summed E-state index contributed by atoms with van der Waals surface area (Å²) in [6.07, 6.45) is 2.89. The van der Waals surface area contributed by atoms with Gasteiger partial charge in [0.05, 0.1) is 16.1 Å². The van der Waals surface area contributed by atoms with E-state index in [4.69, 9.17) is 21.8 Å². The normalized spacial score (nSPS) is 11.2. The number of aromatic amines is 1. The van der Waals surface area contributed by atoms with Gasteiger partial charge in [0.2, 0.25) is 0 Å². The number of carbonyl (C=O) groups excluding carboxylic acids is 1. The Kier molecular flexibility index (Phi) is 6.63. The number of aromatic nitrogens is 2. The molecule has 1 amide bonds. The lowest BCUT2D eigenvalue weighted by Crippen LogP contribution is -2.14. The second-order valence-electron chi connectivity index (χ2n) is 7.78. The molecule has 0 atom stereocenters. The average Bonchev–Trinajstić information content (AvgIpc) is 3.25. The van der Waals surface area contributed by atoms with Gasteiger partial charge in [0.15, 0.2) is 0 Å². The fraction of sp³-hybridized carbons (Fsp3) is 0.120. The predicted molar refractivity (Wildman–Crippen MR) is 134 cm³/mol. The first-order chi connectivity index (χ1) is 15.9. The van der Waals surface area contributed by atoms with Crippen LogP contribution in [0.15, 0.2) is 66.7 Å². The average molecular weight is 462 g/mol. The summed E-state index contributed by atoms with van der Waals surface area (Å²) in [4.78, 5) is 21.2. The summed E-state index contributed by atoms with van der Waals surface area (Å²) >= 11 is 6.49. The lowest BCUT2D eigenvalue weighted by Gasteiger charge is -2.11. The molecule has 0 unspecified atom stereocenters. The van der Waals surface area contributed by atoms with Gasteiger partial charge in [-0.1, -0.05) is 35.9 Å². The number of amides is 1. The van der Waals surface area contributed by atoms with Crippen LogP contribution in [-0.4, -0.2) is 35.2 Å². The standard InChI is InChI=1S/C25H24ClN5O2/c1-31(2)19-9-11-22-23(14-19)29-25(28-22)20-13-18(8-10-21(20)26)27-15-17-5-3-16(4-6-17)7-12-24(32)30-33/h3-14,27,33H,15H2,1-2H3,(H,28,29)(H,30,32). The molecule has 33 heavy (non-hydrogen) atoms. The smallest absolute Gasteiger partial charge is 0.267 e. The minimum absolute atomic E-state index is 0.568. The minimum atomic E-state index is -0.568. The number of hydrogen-bond acceptors (Lipinski definition) is 5. The quantitative estimate of drug-likeness (QED) is 0.175. The van der Waals surface area contributed by atoms with Crippen LogP contribution in [0.1, 0.15) is 11.1 Å². The summed E-state index contributed by atoms with van der Waals surface area (Å²) in [5.74, 6) is 0.152. The maximum atomic E-state index is 11.1. The van der Waals surface area contributed by atoms with Crippen LogP contribution in [0, 0.1) is 0 Å². The molecule has 0 spiro atoms. The van der Waals surface area contributed by atoms with Crippen molar-refractivity contribution in [2.24, 2.45) is 0 Å². The van der Waals surface area contributed by atoms with Crippen LogP contribution >= 0.6 is 11.6 Å². The Morgan fingerprint density at radius 3 is 2.64 bits per heavy atom. The molecule has 0 aliphatic carbocycles. The van der Waals surface area contributed by atoms with Gasteiger partial charge < -0.3 is 15.2 Å². The molecule has 1 heterocycles. The van der Waals surface area contributed by atoms with Crippen molar-refractivity contribution in [2.45, 2.75) is 6.54 Å². The molecule has 4 N–H and O–H groups in total. The molecule has 0 fully saturated rings. The number of imidazole rings is 1. The number of benzene rings is 3. The number of nitrogens with zero attached hydrogens (tertiary/aromatic N) is 2. The van der Waals surface area contributed by atoms with E-state index in [1.165, 1.54) is 6.08 Å². The van der Waals surface area contributed by atoms with Crippen LogP contribution in [0.3, 0.4) is 0 Å². The maximum Gasteiger partial charge on any atom is 0.267 e. The van der Waals surface area contributed by atoms with Gasteiger partial charge in [-0.05, 0) is 53.6 Å². The predicted octanol–water partition coefficient (Wildman–Crippen LogP) is 5.08. The summed E-state index contributed by atoms with van der Waals surface area (Å²) in [6, 6.07) is 19.6. The van der Waals surface area contributed by atoms with E-state index in [0.29, 0.717) is 11.6 Å². The molecule has 0 bridgehead atoms. The SMILES string of the molecule is CN(C)c1ccc2nc(-c3cc(NCc4ccc(C=CC(=O)NO)cc4)ccc3Cl)[nH]c2c1. The van der Waals surface area contributed by atoms with Crippen LogP contribution in [0.4, 0.5) is 11.4 Å². The Morgan fingerprint density at radius 2 is 1.91 bits per heavy atom. The van der Waals surface area contributed by atoms with Gasteiger partial charge in [0.25, 0.3) is 5.91 Å². The van der Waals surface area contributed by atoms with Crippen molar-refractivity contribution in [3.63, 3.8) is 0 Å². The number of hydrogen-bond donors (Lipinski definition) is 4. The Balaban J connectivity index is 1.49. The lowest BCUT2D eigenvalue weighted by atomic mass is 10.1. The van der Waals surface area contributed by atoms with Crippen molar-refractivity contribution >= 4 is 46.0 Å². The Bertz CT molecular complexity index is 1310. The topological polar surface area (TPSA) is 93.3 Å². The Labute approximate surface area is 196 Å². The van der Waals surface area contributed by atoms with Crippen LogP contribution < -0.4 is 15.7 Å². The zero-order valence-electron chi connectivity index (χ0n) is 18.3. The minimum Gasteiger partial charge on any atom is -0.381 e. The van der Waals surface area contributed by atoms with Crippen molar-refractivity contribution in [3.8, 4) is 11.4 Å². The second-order valence-corrected chi connectivity index (χ2v) is 8.19. The molecule has 0 saturated heterocycles. The highest BCUT2D eigenvalue weighted by atomic mass is 35.5. The van der Waals surface area contributed by atoms with Gasteiger partial charge in [-0.3, -0.25) is 10.0 Å². The molecule has 0 aliphatic heterocycles. The molecular formula is C25H24ClN5O2. The van der Waals surface area contributed by atoms with E-state index in [1.807, 2.05) is 73.6 Å². The molecule has 8 heteroatoms. The Morgan fingerprint density at radius 1 is 1.12 bits per heavy atom. The summed E-state index contributed by atoms with van der Waals surface area (Å²) in [7, 11) is 4.01. The number of H-pyrrole nitrogens is 1. The van der Waals surface area contributed by atoms with Crippen LogP contribution in [0.25, 0.3) is 28.5 Å². The van der Waals surface area contributed by atoms with Gasteiger partial charge >= 0.3 is 0 Å². The number of anilines is 2. The summed E-state index contributed by atoms with van der Waals surface area (Å²) < 4.78 is 0. The molecule has 3 aromatic carbocycles. The van der Waals surface area contributed by atoms with E-state index in [1.54, 1.807) is 11.6 Å². The van der Waals surface area contributed by atoms with Gasteiger partial charge in [-0.2, -0.15) is 0 Å². The first kappa shape index (κ1) is 22.4. The zero-order valence-corrected chi connectivity index (χ0v) is 19.0. The third-order valence-corrected chi connectivity index (χ3v) is 5.55. The third kappa shape index (κ3) is 5.34. The van der Waals surface area contributed by atoms with Crippen LogP contribution in [-0.2, 0) is 11.3 Å². The monoisotopic (exact) mass is 461 g/mol. The third-order valence-electron chi connectivity index (χ3n) is 5.22. The number of halogens is 1. The largest absolute Gasteiger partial charge is 0.381 e. The molecule has 7 nitrogen and oxygen atoms in total. The summed E-state index contributed by atoms with van der Waals surface area (Å²) in [6.45, 7) is 0.620. The van der Waals surface area contributed by atoms with Crippen LogP contribution in [0.2, 0.25) is 5.02 Å². The van der Waals surface area contributed by atoms with Gasteiger partial charge in [0, 0.05) is 43.7 Å². The van der Waals surface area contributed by atoms with Gasteiger partial charge in [-0.15, -0.1) is 0 Å². The van der Waals surface area contributed by atoms with Gasteiger partial charge in [-0.25, -0.2) is 10.5 Å². The number of nitrogens with one attached hydrogen (secondary N) is 3. The van der Waals surface area contributed by atoms with E-state index < -0.39 is 5.91 Å². The molecule has 0 aliphatic rings. The molecule has 1 aromatic heterocycles. The summed E-state index contributed by atoms with van der Waals surface area (Å²) in [5, 5.41) is 12.6. The highest BCUT2D eigenvalue weighted by Crippen LogP contribution is 2.31. The highest BCUT2D eigenvalue weighted by molar-refractivity contribution is 6.33. The molecule has 168 valence electrons. The summed E-state index contributed by atoms with van der Waals surface area (Å²) in [5.41, 5.74) is 8.19. The van der Waals surface area contributed by atoms with E-state index in [9.17, 15) is 4.79 Å². The molecule has 4 rings (SSSR count).